The summed E-state index contributed by atoms with van der Waals surface area (Å²) in [6, 6.07) is 0. The number of methoxy groups -OCH3 is 1. The van der Waals surface area contributed by atoms with Crippen molar-refractivity contribution in [2.24, 2.45) is 11.3 Å². The van der Waals surface area contributed by atoms with Crippen LogP contribution in [0.3, 0.4) is 0 Å². The lowest BCUT2D eigenvalue weighted by Gasteiger charge is -2.27. The molecule has 0 aromatic carbocycles. The molecule has 1 rings (SSSR count). The fourth-order valence-electron chi connectivity index (χ4n) is 2.33. The van der Waals surface area contributed by atoms with Crippen molar-refractivity contribution in [1.29, 1.82) is 0 Å². The molecule has 0 aromatic heterocycles. The van der Waals surface area contributed by atoms with Crippen molar-refractivity contribution in [2.45, 2.75) is 33.1 Å². The first kappa shape index (κ1) is 10.2. The third kappa shape index (κ3) is 1.36. The molecule has 3 heteroatoms. The zero-order valence-electron chi connectivity index (χ0n) is 8.42. The Labute approximate surface area is 78.5 Å². The third-order valence-corrected chi connectivity index (χ3v) is 3.23. The SMILES string of the molecule is COC(=O)C1(C(C)=O)CCCC1C. The molecule has 0 radical (unpaired) electrons. The van der Waals surface area contributed by atoms with Gasteiger partial charge in [-0.1, -0.05) is 13.3 Å². The molecule has 1 saturated carbocycles. The van der Waals surface area contributed by atoms with Crippen LogP contribution in [0.4, 0.5) is 0 Å². The Morgan fingerprint density at radius 2 is 2.08 bits per heavy atom. The minimum absolute atomic E-state index is 0.0515. The predicted octanol–water partition coefficient (Wildman–Crippen LogP) is 1.55. The summed E-state index contributed by atoms with van der Waals surface area (Å²) in [5.74, 6) is -0.285. The monoisotopic (exact) mass is 184 g/mol. The van der Waals surface area contributed by atoms with E-state index in [0.717, 1.165) is 12.8 Å². The van der Waals surface area contributed by atoms with Crippen LogP contribution in [0.25, 0.3) is 0 Å². The molecular formula is C10H16O3. The van der Waals surface area contributed by atoms with Crippen LogP contribution in [-0.2, 0) is 14.3 Å². The summed E-state index contributed by atoms with van der Waals surface area (Å²) >= 11 is 0. The van der Waals surface area contributed by atoms with E-state index in [2.05, 4.69) is 0 Å². The van der Waals surface area contributed by atoms with E-state index in [4.69, 9.17) is 4.74 Å². The number of ether oxygens (including phenoxy) is 1. The Hall–Kier alpha value is -0.860. The molecule has 74 valence electrons. The Bertz CT molecular complexity index is 234. The average Bonchev–Trinajstić information content (AvgIpc) is 2.47. The molecule has 13 heavy (non-hydrogen) atoms. The predicted molar refractivity (Wildman–Crippen MR) is 48.1 cm³/mol. The molecule has 2 atom stereocenters. The summed E-state index contributed by atoms with van der Waals surface area (Å²) in [7, 11) is 1.35. The Morgan fingerprint density at radius 1 is 1.46 bits per heavy atom. The van der Waals surface area contributed by atoms with Gasteiger partial charge in [-0.25, -0.2) is 0 Å². The molecule has 0 amide bonds. The van der Waals surface area contributed by atoms with Crippen LogP contribution in [-0.4, -0.2) is 18.9 Å². The van der Waals surface area contributed by atoms with Crippen molar-refractivity contribution in [3.05, 3.63) is 0 Å². The quantitative estimate of drug-likeness (QED) is 0.483. The molecule has 1 aliphatic carbocycles. The average molecular weight is 184 g/mol. The first-order chi connectivity index (χ1) is 6.05. The van der Waals surface area contributed by atoms with Gasteiger partial charge in [-0.2, -0.15) is 0 Å². The molecule has 0 aromatic rings. The van der Waals surface area contributed by atoms with E-state index < -0.39 is 5.41 Å². The first-order valence-electron chi connectivity index (χ1n) is 4.65. The van der Waals surface area contributed by atoms with Gasteiger partial charge in [-0.05, 0) is 25.7 Å². The van der Waals surface area contributed by atoms with Gasteiger partial charge >= 0.3 is 5.97 Å². The van der Waals surface area contributed by atoms with Crippen molar-refractivity contribution in [3.8, 4) is 0 Å². The number of esters is 1. The lowest BCUT2D eigenvalue weighted by molar-refractivity contribution is -0.159. The van der Waals surface area contributed by atoms with Gasteiger partial charge in [0.1, 0.15) is 11.2 Å². The fourth-order valence-corrected chi connectivity index (χ4v) is 2.33. The van der Waals surface area contributed by atoms with E-state index >= 15 is 0 Å². The lowest BCUT2D eigenvalue weighted by atomic mass is 9.75. The number of ketones is 1. The normalized spacial score (nSPS) is 33.0. The molecule has 1 fully saturated rings. The first-order valence-corrected chi connectivity index (χ1v) is 4.65. The molecular weight excluding hydrogens is 168 g/mol. The van der Waals surface area contributed by atoms with Gasteiger partial charge in [0.2, 0.25) is 0 Å². The van der Waals surface area contributed by atoms with E-state index in [1.807, 2.05) is 6.92 Å². The van der Waals surface area contributed by atoms with Gasteiger partial charge in [-0.15, -0.1) is 0 Å². The molecule has 0 saturated heterocycles. The van der Waals surface area contributed by atoms with E-state index in [0.29, 0.717) is 6.42 Å². The van der Waals surface area contributed by atoms with Crippen molar-refractivity contribution in [1.82, 2.24) is 0 Å². The van der Waals surface area contributed by atoms with Crippen LogP contribution < -0.4 is 0 Å². The lowest BCUT2D eigenvalue weighted by Crippen LogP contribution is -2.41. The number of hydrogen-bond acceptors (Lipinski definition) is 3. The second kappa shape index (κ2) is 3.48. The van der Waals surface area contributed by atoms with E-state index in [1.165, 1.54) is 14.0 Å². The van der Waals surface area contributed by atoms with Gasteiger partial charge in [0.15, 0.2) is 0 Å². The van der Waals surface area contributed by atoms with E-state index in [1.54, 1.807) is 0 Å². The van der Waals surface area contributed by atoms with E-state index in [-0.39, 0.29) is 17.7 Å². The number of carbonyl (C=O) groups is 2. The van der Waals surface area contributed by atoms with Gasteiger partial charge in [-0.3, -0.25) is 9.59 Å². The maximum absolute atomic E-state index is 11.5. The minimum Gasteiger partial charge on any atom is -0.468 e. The summed E-state index contributed by atoms with van der Waals surface area (Å²) in [4.78, 5) is 23.0. The number of rotatable bonds is 2. The highest BCUT2D eigenvalue weighted by molar-refractivity contribution is 6.03. The second-order valence-electron chi connectivity index (χ2n) is 3.81. The summed E-state index contributed by atoms with van der Waals surface area (Å²) in [5.41, 5.74) is -0.839. The van der Waals surface area contributed by atoms with Gasteiger partial charge in [0.05, 0.1) is 7.11 Å². The van der Waals surface area contributed by atoms with Crippen molar-refractivity contribution in [2.75, 3.05) is 7.11 Å². The molecule has 0 heterocycles. The zero-order valence-corrected chi connectivity index (χ0v) is 8.42. The van der Waals surface area contributed by atoms with Crippen LogP contribution in [0.1, 0.15) is 33.1 Å². The number of hydrogen-bond donors (Lipinski definition) is 0. The highest BCUT2D eigenvalue weighted by Gasteiger charge is 2.51. The number of Topliss-reactive ketones (excluding diaryl/α,β-unsaturated/α-hetero) is 1. The maximum Gasteiger partial charge on any atom is 0.319 e. The summed E-state index contributed by atoms with van der Waals surface area (Å²) in [6.07, 6.45) is 2.53. The Balaban J connectivity index is 3.00. The van der Waals surface area contributed by atoms with E-state index in [9.17, 15) is 9.59 Å². The standard InChI is InChI=1S/C10H16O3/c1-7-5-4-6-10(7,8(2)11)9(12)13-3/h7H,4-6H2,1-3H3. The van der Waals surface area contributed by atoms with Crippen LogP contribution >= 0.6 is 0 Å². The van der Waals surface area contributed by atoms with Crippen LogP contribution in [0.5, 0.6) is 0 Å². The van der Waals surface area contributed by atoms with Gasteiger partial charge in [0, 0.05) is 0 Å². The second-order valence-corrected chi connectivity index (χ2v) is 3.81. The summed E-state index contributed by atoms with van der Waals surface area (Å²) in [6.45, 7) is 3.43. The maximum atomic E-state index is 11.5. The van der Waals surface area contributed by atoms with Crippen molar-refractivity contribution in [3.63, 3.8) is 0 Å². The van der Waals surface area contributed by atoms with Crippen molar-refractivity contribution < 1.29 is 14.3 Å². The summed E-state index contributed by atoms with van der Waals surface area (Å²) < 4.78 is 4.71. The highest BCUT2D eigenvalue weighted by Crippen LogP contribution is 2.44. The largest absolute Gasteiger partial charge is 0.468 e. The minimum atomic E-state index is -0.839. The zero-order chi connectivity index (χ0) is 10.1. The molecule has 0 spiro atoms. The topological polar surface area (TPSA) is 43.4 Å². The van der Waals surface area contributed by atoms with Crippen molar-refractivity contribution >= 4 is 11.8 Å². The molecule has 2 unspecified atom stereocenters. The molecule has 0 aliphatic heterocycles. The molecule has 1 aliphatic rings. The molecule has 0 N–H and O–H groups in total. The Kier molecular flexibility index (Phi) is 2.74. The third-order valence-electron chi connectivity index (χ3n) is 3.23. The summed E-state index contributed by atoms with van der Waals surface area (Å²) in [5, 5.41) is 0. The van der Waals surface area contributed by atoms with Gasteiger partial charge in [0.25, 0.3) is 0 Å². The van der Waals surface area contributed by atoms with Gasteiger partial charge < -0.3 is 4.74 Å². The van der Waals surface area contributed by atoms with Crippen LogP contribution in [0.15, 0.2) is 0 Å². The molecule has 0 bridgehead atoms. The molecule has 3 nitrogen and oxygen atoms in total. The van der Waals surface area contributed by atoms with Crippen LogP contribution in [0.2, 0.25) is 0 Å². The van der Waals surface area contributed by atoms with Crippen LogP contribution in [0, 0.1) is 11.3 Å². The highest BCUT2D eigenvalue weighted by atomic mass is 16.5. The smallest absolute Gasteiger partial charge is 0.319 e. The Morgan fingerprint density at radius 3 is 2.38 bits per heavy atom. The number of carbonyl (C=O) groups excluding carboxylic acids is 2. The fraction of sp³-hybridized carbons (Fsp3) is 0.800.